The fourth-order valence-corrected chi connectivity index (χ4v) is 6.95. The molecule has 0 unspecified atom stereocenters. The van der Waals surface area contributed by atoms with E-state index < -0.39 is 18.2 Å². The Labute approximate surface area is 111 Å². The molecular formula is C13H22O3SSi. The van der Waals surface area contributed by atoms with Crippen molar-refractivity contribution < 1.29 is 13.0 Å². The summed E-state index contributed by atoms with van der Waals surface area (Å²) in [5.41, 5.74) is 1.12. The van der Waals surface area contributed by atoms with E-state index in [1.807, 2.05) is 13.0 Å². The van der Waals surface area contributed by atoms with Crippen LogP contribution in [0.15, 0.2) is 23.1 Å². The van der Waals surface area contributed by atoms with Crippen LogP contribution in [-0.4, -0.2) is 21.0 Å². The molecule has 0 spiro atoms. The van der Waals surface area contributed by atoms with Gasteiger partial charge in [-0.1, -0.05) is 51.5 Å². The van der Waals surface area contributed by atoms with Gasteiger partial charge in [-0.05, 0) is 23.2 Å². The van der Waals surface area contributed by atoms with Crippen LogP contribution in [0.1, 0.15) is 25.8 Å². The maximum Gasteiger partial charge on any atom is 0.294 e. The molecule has 0 bridgehead atoms. The van der Waals surface area contributed by atoms with Gasteiger partial charge in [-0.15, -0.1) is 0 Å². The Balaban J connectivity index is 3.47. The summed E-state index contributed by atoms with van der Waals surface area (Å²) in [5.74, 6) is 0. The summed E-state index contributed by atoms with van der Waals surface area (Å²) in [6, 6.07) is 6.31. The Bertz CT molecular complexity index is 521. The SMILES string of the molecule is CCC[Si](C)(C)c1cc(CC)ccc1S(=O)(=O)O. The third kappa shape index (κ3) is 3.43. The van der Waals surface area contributed by atoms with Gasteiger partial charge in [-0.3, -0.25) is 4.55 Å². The Kier molecular flexibility index (Phi) is 4.75. The minimum absolute atomic E-state index is 0.102. The lowest BCUT2D eigenvalue weighted by Gasteiger charge is -2.25. The summed E-state index contributed by atoms with van der Waals surface area (Å²) < 4.78 is 32.3. The van der Waals surface area contributed by atoms with Crippen molar-refractivity contribution in [3.8, 4) is 0 Å². The standard InChI is InChI=1S/C13H22O3SSi/c1-5-9-18(3,4)13-10-11(6-2)7-8-12(13)17(14,15)16/h7-8,10H,5-6,9H2,1-4H3,(H,14,15,16). The van der Waals surface area contributed by atoms with E-state index >= 15 is 0 Å². The van der Waals surface area contributed by atoms with Gasteiger partial charge >= 0.3 is 0 Å². The number of hydrogen-bond acceptors (Lipinski definition) is 2. The molecule has 1 aromatic rings. The Morgan fingerprint density at radius 2 is 1.83 bits per heavy atom. The quantitative estimate of drug-likeness (QED) is 0.669. The third-order valence-electron chi connectivity index (χ3n) is 3.33. The molecule has 1 rings (SSSR count). The topological polar surface area (TPSA) is 54.4 Å². The summed E-state index contributed by atoms with van der Waals surface area (Å²) in [6.45, 7) is 8.45. The van der Waals surface area contributed by atoms with Gasteiger partial charge in [-0.2, -0.15) is 8.42 Å². The number of hydrogen-bond donors (Lipinski definition) is 1. The number of benzene rings is 1. The van der Waals surface area contributed by atoms with Gasteiger partial charge in [0.15, 0.2) is 0 Å². The highest BCUT2D eigenvalue weighted by atomic mass is 32.2. The Morgan fingerprint density at radius 1 is 1.22 bits per heavy atom. The normalized spacial score (nSPS) is 12.7. The molecule has 1 aromatic carbocycles. The van der Waals surface area contributed by atoms with E-state index in [2.05, 4.69) is 20.0 Å². The average molecular weight is 286 g/mol. The Hall–Kier alpha value is -0.653. The molecule has 18 heavy (non-hydrogen) atoms. The third-order valence-corrected chi connectivity index (χ3v) is 8.05. The van der Waals surface area contributed by atoms with Crippen molar-refractivity contribution in [1.29, 1.82) is 0 Å². The highest BCUT2D eigenvalue weighted by Gasteiger charge is 2.29. The molecule has 5 heteroatoms. The van der Waals surface area contributed by atoms with Gasteiger partial charge < -0.3 is 0 Å². The van der Waals surface area contributed by atoms with Crippen LogP contribution in [-0.2, 0) is 16.5 Å². The Morgan fingerprint density at radius 3 is 2.28 bits per heavy atom. The van der Waals surface area contributed by atoms with Gasteiger partial charge in [0.05, 0.1) is 13.0 Å². The minimum atomic E-state index is -4.13. The highest BCUT2D eigenvalue weighted by Crippen LogP contribution is 2.19. The van der Waals surface area contributed by atoms with E-state index in [0.29, 0.717) is 0 Å². The second-order valence-corrected chi connectivity index (χ2v) is 11.5. The monoisotopic (exact) mass is 286 g/mol. The van der Waals surface area contributed by atoms with E-state index in [4.69, 9.17) is 0 Å². The van der Waals surface area contributed by atoms with Crippen molar-refractivity contribution in [2.24, 2.45) is 0 Å². The first kappa shape index (κ1) is 15.4. The van der Waals surface area contributed by atoms with Gasteiger partial charge in [0.25, 0.3) is 10.1 Å². The molecule has 0 saturated heterocycles. The molecule has 0 amide bonds. The molecule has 0 saturated carbocycles. The molecular weight excluding hydrogens is 264 g/mol. The molecule has 0 aliphatic rings. The average Bonchev–Trinajstić information content (AvgIpc) is 2.27. The number of rotatable bonds is 5. The van der Waals surface area contributed by atoms with Crippen LogP contribution >= 0.6 is 0 Å². The lowest BCUT2D eigenvalue weighted by Crippen LogP contribution is -2.44. The molecule has 0 radical (unpaired) electrons. The fourth-order valence-electron chi connectivity index (χ4n) is 2.31. The van der Waals surface area contributed by atoms with Crippen LogP contribution in [0, 0.1) is 0 Å². The van der Waals surface area contributed by atoms with Crippen LogP contribution in [0.4, 0.5) is 0 Å². The zero-order valence-electron chi connectivity index (χ0n) is 11.5. The second-order valence-electron chi connectivity index (χ2n) is 5.29. The molecule has 0 aliphatic carbocycles. The second kappa shape index (κ2) is 5.55. The van der Waals surface area contributed by atoms with E-state index in [0.717, 1.165) is 29.6 Å². The van der Waals surface area contributed by atoms with E-state index in [-0.39, 0.29) is 4.90 Å². The van der Waals surface area contributed by atoms with Crippen molar-refractivity contribution in [2.45, 2.75) is 50.7 Å². The van der Waals surface area contributed by atoms with E-state index in [9.17, 15) is 13.0 Å². The summed E-state index contributed by atoms with van der Waals surface area (Å²) in [6.07, 6.45) is 1.90. The van der Waals surface area contributed by atoms with Gasteiger partial charge in [0.1, 0.15) is 0 Å². The molecule has 3 nitrogen and oxygen atoms in total. The smallest absolute Gasteiger partial charge is 0.282 e. The lowest BCUT2D eigenvalue weighted by atomic mass is 10.2. The van der Waals surface area contributed by atoms with E-state index in [1.165, 1.54) is 0 Å². The minimum Gasteiger partial charge on any atom is -0.282 e. The summed E-state index contributed by atoms with van der Waals surface area (Å²) in [4.78, 5) is 0.102. The molecule has 0 heterocycles. The van der Waals surface area contributed by atoms with Crippen LogP contribution < -0.4 is 5.19 Å². The molecule has 0 atom stereocenters. The highest BCUT2D eigenvalue weighted by molar-refractivity contribution is 7.86. The summed E-state index contributed by atoms with van der Waals surface area (Å²) in [5, 5.41) is 0.853. The molecule has 0 aromatic heterocycles. The van der Waals surface area contributed by atoms with Crippen LogP contribution in [0.25, 0.3) is 0 Å². The zero-order chi connectivity index (χ0) is 14.0. The zero-order valence-corrected chi connectivity index (χ0v) is 13.3. The van der Waals surface area contributed by atoms with Crippen molar-refractivity contribution in [1.82, 2.24) is 0 Å². The van der Waals surface area contributed by atoms with Crippen molar-refractivity contribution in [3.05, 3.63) is 23.8 Å². The molecule has 0 fully saturated rings. The first-order valence-corrected chi connectivity index (χ1v) is 11.0. The predicted molar refractivity (Wildman–Crippen MR) is 77.8 cm³/mol. The first-order chi connectivity index (χ1) is 8.22. The van der Waals surface area contributed by atoms with Gasteiger partial charge in [0.2, 0.25) is 0 Å². The maximum atomic E-state index is 11.5. The van der Waals surface area contributed by atoms with Crippen LogP contribution in [0.3, 0.4) is 0 Å². The van der Waals surface area contributed by atoms with E-state index in [1.54, 1.807) is 12.1 Å². The summed E-state index contributed by atoms with van der Waals surface area (Å²) in [7, 11) is -5.95. The predicted octanol–water partition coefficient (Wildman–Crippen LogP) is 2.82. The van der Waals surface area contributed by atoms with Gasteiger partial charge in [-0.25, -0.2) is 0 Å². The molecule has 0 aliphatic heterocycles. The number of aryl methyl sites for hydroxylation is 1. The van der Waals surface area contributed by atoms with Gasteiger partial charge in [0, 0.05) is 0 Å². The molecule has 1 N–H and O–H groups in total. The first-order valence-electron chi connectivity index (χ1n) is 6.33. The summed E-state index contributed by atoms with van der Waals surface area (Å²) >= 11 is 0. The van der Waals surface area contributed by atoms with Crippen molar-refractivity contribution >= 4 is 23.4 Å². The van der Waals surface area contributed by atoms with Crippen LogP contribution in [0.2, 0.25) is 19.1 Å². The fraction of sp³-hybridized carbons (Fsp3) is 0.538. The van der Waals surface area contributed by atoms with Crippen molar-refractivity contribution in [2.75, 3.05) is 0 Å². The van der Waals surface area contributed by atoms with Crippen LogP contribution in [0.5, 0.6) is 0 Å². The molecule has 102 valence electrons. The van der Waals surface area contributed by atoms with Crippen molar-refractivity contribution in [3.63, 3.8) is 0 Å². The maximum absolute atomic E-state index is 11.5. The largest absolute Gasteiger partial charge is 0.294 e. The lowest BCUT2D eigenvalue weighted by molar-refractivity contribution is 0.484.